The summed E-state index contributed by atoms with van der Waals surface area (Å²) in [6.45, 7) is 4.89. The Morgan fingerprint density at radius 1 is 1.33 bits per heavy atom. The number of nitrogens with one attached hydrogen (secondary N) is 1. The molecule has 2 aromatic rings. The topological polar surface area (TPSA) is 96.8 Å². The number of hydrogen-bond acceptors (Lipinski definition) is 7. The van der Waals surface area contributed by atoms with Crippen LogP contribution in [-0.2, 0) is 16.1 Å². The molecule has 1 saturated heterocycles. The Morgan fingerprint density at radius 3 is 2.89 bits per heavy atom. The van der Waals surface area contributed by atoms with Gasteiger partial charge < -0.3 is 24.8 Å². The average molecular weight is 372 g/mol. The van der Waals surface area contributed by atoms with Gasteiger partial charge in [0.15, 0.2) is 6.10 Å². The SMILES string of the molecule is Cc1ccccc1OC[C@H](O)C(=O)NCc1cc(N2CCOCC2)ncn1. The highest BCUT2D eigenvalue weighted by molar-refractivity contribution is 5.80. The van der Waals surface area contributed by atoms with Gasteiger partial charge in [0.05, 0.1) is 25.5 Å². The molecule has 144 valence electrons. The third-order valence-electron chi connectivity index (χ3n) is 4.28. The van der Waals surface area contributed by atoms with Crippen molar-refractivity contribution in [1.29, 1.82) is 0 Å². The van der Waals surface area contributed by atoms with Crippen LogP contribution < -0.4 is 15.0 Å². The molecule has 8 heteroatoms. The summed E-state index contributed by atoms with van der Waals surface area (Å²) >= 11 is 0. The molecule has 0 unspecified atom stereocenters. The molecule has 3 rings (SSSR count). The van der Waals surface area contributed by atoms with E-state index >= 15 is 0 Å². The number of ether oxygens (including phenoxy) is 2. The first kappa shape index (κ1) is 19.1. The molecule has 2 N–H and O–H groups in total. The molecule has 1 fully saturated rings. The number of nitrogens with zero attached hydrogens (tertiary/aromatic N) is 3. The molecule has 0 spiro atoms. The number of carbonyl (C=O) groups is 1. The molecular formula is C19H24N4O4. The van der Waals surface area contributed by atoms with Crippen LogP contribution in [0.3, 0.4) is 0 Å². The van der Waals surface area contributed by atoms with Gasteiger partial charge in [-0.3, -0.25) is 4.79 Å². The predicted molar refractivity (Wildman–Crippen MR) is 99.6 cm³/mol. The highest BCUT2D eigenvalue weighted by Crippen LogP contribution is 2.16. The zero-order valence-electron chi connectivity index (χ0n) is 15.3. The van der Waals surface area contributed by atoms with Crippen molar-refractivity contribution in [2.75, 3.05) is 37.8 Å². The van der Waals surface area contributed by atoms with E-state index in [1.807, 2.05) is 31.2 Å². The van der Waals surface area contributed by atoms with Crippen molar-refractivity contribution in [3.8, 4) is 5.75 Å². The van der Waals surface area contributed by atoms with Crippen molar-refractivity contribution in [2.24, 2.45) is 0 Å². The first-order valence-corrected chi connectivity index (χ1v) is 8.91. The summed E-state index contributed by atoms with van der Waals surface area (Å²) in [5.74, 6) is 0.950. The van der Waals surface area contributed by atoms with E-state index in [2.05, 4.69) is 20.2 Å². The minimum atomic E-state index is -1.26. The van der Waals surface area contributed by atoms with Crippen LogP contribution in [0.25, 0.3) is 0 Å². The van der Waals surface area contributed by atoms with E-state index in [1.54, 1.807) is 6.07 Å². The molecule has 8 nitrogen and oxygen atoms in total. The lowest BCUT2D eigenvalue weighted by molar-refractivity contribution is -0.130. The summed E-state index contributed by atoms with van der Waals surface area (Å²) in [5, 5.41) is 12.7. The lowest BCUT2D eigenvalue weighted by Crippen LogP contribution is -2.38. The van der Waals surface area contributed by atoms with E-state index in [4.69, 9.17) is 9.47 Å². The Kier molecular flexibility index (Phi) is 6.56. The fourth-order valence-corrected chi connectivity index (χ4v) is 2.71. The van der Waals surface area contributed by atoms with Crippen molar-refractivity contribution in [2.45, 2.75) is 19.6 Å². The highest BCUT2D eigenvalue weighted by atomic mass is 16.5. The van der Waals surface area contributed by atoms with Gasteiger partial charge >= 0.3 is 0 Å². The first-order valence-electron chi connectivity index (χ1n) is 8.91. The van der Waals surface area contributed by atoms with E-state index in [0.29, 0.717) is 24.7 Å². The summed E-state index contributed by atoms with van der Waals surface area (Å²) in [6.07, 6.45) is 0.217. The second kappa shape index (κ2) is 9.29. The van der Waals surface area contributed by atoms with Gasteiger partial charge in [0.2, 0.25) is 0 Å². The van der Waals surface area contributed by atoms with Crippen LogP contribution in [-0.4, -0.2) is 60.0 Å². The maximum atomic E-state index is 12.1. The van der Waals surface area contributed by atoms with Crippen LogP contribution in [0.5, 0.6) is 5.75 Å². The van der Waals surface area contributed by atoms with Gasteiger partial charge in [0, 0.05) is 19.2 Å². The number of amides is 1. The van der Waals surface area contributed by atoms with E-state index in [9.17, 15) is 9.90 Å². The van der Waals surface area contributed by atoms with Crippen molar-refractivity contribution in [3.05, 3.63) is 47.9 Å². The molecule has 1 aliphatic rings. The molecule has 1 aromatic heterocycles. The fourth-order valence-electron chi connectivity index (χ4n) is 2.71. The Balaban J connectivity index is 1.49. The number of benzene rings is 1. The molecule has 1 aromatic carbocycles. The molecular weight excluding hydrogens is 348 g/mol. The number of aliphatic hydroxyl groups is 1. The van der Waals surface area contributed by atoms with E-state index in [-0.39, 0.29) is 13.2 Å². The Bertz CT molecular complexity index is 765. The Labute approximate surface area is 158 Å². The molecule has 1 atom stereocenters. The zero-order valence-corrected chi connectivity index (χ0v) is 15.3. The molecule has 0 radical (unpaired) electrons. The van der Waals surface area contributed by atoms with Crippen LogP contribution in [0.15, 0.2) is 36.7 Å². The maximum absolute atomic E-state index is 12.1. The number of para-hydroxylation sites is 1. The number of rotatable bonds is 7. The molecule has 27 heavy (non-hydrogen) atoms. The summed E-state index contributed by atoms with van der Waals surface area (Å²) < 4.78 is 10.9. The molecule has 1 amide bonds. The highest BCUT2D eigenvalue weighted by Gasteiger charge is 2.17. The van der Waals surface area contributed by atoms with Crippen molar-refractivity contribution in [1.82, 2.24) is 15.3 Å². The summed E-state index contributed by atoms with van der Waals surface area (Å²) in [7, 11) is 0. The number of morpholine rings is 1. The minimum Gasteiger partial charge on any atom is -0.490 e. The van der Waals surface area contributed by atoms with E-state index < -0.39 is 12.0 Å². The standard InChI is InChI=1S/C19H24N4O4/c1-14-4-2-3-5-17(14)27-12-16(24)19(25)20-11-15-10-18(22-13-21-15)23-6-8-26-9-7-23/h2-5,10,13,16,24H,6-9,11-12H2,1H3,(H,20,25)/t16-/m0/s1. The minimum absolute atomic E-state index is 0.112. The summed E-state index contributed by atoms with van der Waals surface area (Å²) in [5.41, 5.74) is 1.62. The second-order valence-corrected chi connectivity index (χ2v) is 6.28. The van der Waals surface area contributed by atoms with Gasteiger partial charge in [0.25, 0.3) is 5.91 Å². The number of aromatic nitrogens is 2. The van der Waals surface area contributed by atoms with Crippen LogP contribution in [0, 0.1) is 6.92 Å². The number of anilines is 1. The number of hydrogen-bond donors (Lipinski definition) is 2. The number of carbonyl (C=O) groups excluding carboxylic acids is 1. The van der Waals surface area contributed by atoms with Gasteiger partial charge in [-0.15, -0.1) is 0 Å². The summed E-state index contributed by atoms with van der Waals surface area (Å²) in [4.78, 5) is 22.7. The van der Waals surface area contributed by atoms with Gasteiger partial charge in [-0.2, -0.15) is 0 Å². The third-order valence-corrected chi connectivity index (χ3v) is 4.28. The normalized spacial score (nSPS) is 15.3. The molecule has 0 aliphatic carbocycles. The Morgan fingerprint density at radius 2 is 2.11 bits per heavy atom. The lowest BCUT2D eigenvalue weighted by Gasteiger charge is -2.27. The maximum Gasteiger partial charge on any atom is 0.252 e. The monoisotopic (exact) mass is 372 g/mol. The van der Waals surface area contributed by atoms with Crippen LogP contribution >= 0.6 is 0 Å². The number of aryl methyl sites for hydroxylation is 1. The quantitative estimate of drug-likeness (QED) is 0.738. The van der Waals surface area contributed by atoms with Gasteiger partial charge in [-0.05, 0) is 18.6 Å². The third kappa shape index (κ3) is 5.38. The fraction of sp³-hybridized carbons (Fsp3) is 0.421. The second-order valence-electron chi connectivity index (χ2n) is 6.28. The largest absolute Gasteiger partial charge is 0.490 e. The Hall–Kier alpha value is -2.71. The van der Waals surface area contributed by atoms with Crippen molar-refractivity contribution in [3.63, 3.8) is 0 Å². The predicted octanol–water partition coefficient (Wildman–Crippen LogP) is 0.678. The van der Waals surface area contributed by atoms with Gasteiger partial charge in [-0.1, -0.05) is 18.2 Å². The molecule has 1 aliphatic heterocycles. The van der Waals surface area contributed by atoms with Gasteiger partial charge in [0.1, 0.15) is 24.5 Å². The smallest absolute Gasteiger partial charge is 0.252 e. The van der Waals surface area contributed by atoms with Crippen LogP contribution in [0.2, 0.25) is 0 Å². The first-order chi connectivity index (χ1) is 13.1. The van der Waals surface area contributed by atoms with Gasteiger partial charge in [-0.25, -0.2) is 9.97 Å². The van der Waals surface area contributed by atoms with E-state index in [0.717, 1.165) is 24.5 Å². The van der Waals surface area contributed by atoms with Crippen LogP contribution in [0.4, 0.5) is 5.82 Å². The molecule has 0 saturated carbocycles. The van der Waals surface area contributed by atoms with E-state index in [1.165, 1.54) is 6.33 Å². The zero-order chi connectivity index (χ0) is 19.1. The average Bonchev–Trinajstić information content (AvgIpc) is 2.72. The van der Waals surface area contributed by atoms with Crippen molar-refractivity contribution < 1.29 is 19.4 Å². The summed E-state index contributed by atoms with van der Waals surface area (Å²) in [6, 6.07) is 9.28. The van der Waals surface area contributed by atoms with Crippen LogP contribution in [0.1, 0.15) is 11.3 Å². The molecule has 2 heterocycles. The van der Waals surface area contributed by atoms with Crippen molar-refractivity contribution >= 4 is 11.7 Å². The molecule has 0 bridgehead atoms. The number of aliphatic hydroxyl groups excluding tert-OH is 1. The lowest BCUT2D eigenvalue weighted by atomic mass is 10.2.